The van der Waals surface area contributed by atoms with Gasteiger partial charge < -0.3 is 20.3 Å². The van der Waals surface area contributed by atoms with Gasteiger partial charge in [-0.15, -0.1) is 0 Å². The first-order chi connectivity index (χ1) is 10.0. The van der Waals surface area contributed by atoms with Crippen LogP contribution in [0.3, 0.4) is 0 Å². The maximum absolute atomic E-state index is 5.71. The molecule has 0 aromatic heterocycles. The van der Waals surface area contributed by atoms with Gasteiger partial charge in [0.1, 0.15) is 3.61 Å². The Morgan fingerprint density at radius 1 is 1.24 bits per heavy atom. The molecule has 0 aromatic rings. The molecule has 126 valence electrons. The fourth-order valence-electron chi connectivity index (χ4n) is 2.77. The van der Waals surface area contributed by atoms with Crippen molar-refractivity contribution in [3.8, 4) is 0 Å². The van der Waals surface area contributed by atoms with Gasteiger partial charge in [0.25, 0.3) is 0 Å². The van der Waals surface area contributed by atoms with Crippen molar-refractivity contribution in [2.24, 2.45) is 5.92 Å². The van der Waals surface area contributed by atoms with Gasteiger partial charge in [0, 0.05) is 26.2 Å². The number of alkyl halides is 1. The Bertz CT molecular complexity index is 252. The van der Waals surface area contributed by atoms with E-state index < -0.39 is 0 Å². The molecule has 0 radical (unpaired) electrons. The minimum atomic E-state index is -0.0529. The summed E-state index contributed by atoms with van der Waals surface area (Å²) in [6.45, 7) is 15.3. The van der Waals surface area contributed by atoms with Crippen molar-refractivity contribution in [3.63, 3.8) is 0 Å². The second-order valence-electron chi connectivity index (χ2n) is 6.46. The van der Waals surface area contributed by atoms with Gasteiger partial charge in [-0.25, -0.2) is 0 Å². The van der Waals surface area contributed by atoms with E-state index in [4.69, 9.17) is 4.74 Å². The second-order valence-corrected chi connectivity index (χ2v) is 9.05. The van der Waals surface area contributed by atoms with Crippen LogP contribution in [-0.4, -0.2) is 60.9 Å². The van der Waals surface area contributed by atoms with E-state index in [-0.39, 0.29) is 3.61 Å². The van der Waals surface area contributed by atoms with E-state index in [1.54, 1.807) is 0 Å². The highest BCUT2D eigenvalue weighted by atomic mass is 127. The Balaban J connectivity index is 2.09. The fraction of sp³-hybridized carbons (Fsp3) is 1.00. The average Bonchev–Trinajstić information content (AvgIpc) is 2.43. The number of halogens is 1. The third-order valence-corrected chi connectivity index (χ3v) is 4.16. The third-order valence-electron chi connectivity index (χ3n) is 3.84. The maximum Gasteiger partial charge on any atom is 0.113 e. The van der Waals surface area contributed by atoms with Crippen LogP contribution < -0.4 is 10.6 Å². The van der Waals surface area contributed by atoms with Crippen LogP contribution in [0.5, 0.6) is 0 Å². The van der Waals surface area contributed by atoms with Crippen molar-refractivity contribution in [2.75, 3.05) is 52.4 Å². The lowest BCUT2D eigenvalue weighted by Crippen LogP contribution is -2.40. The predicted octanol–water partition coefficient (Wildman–Crippen LogP) is 2.48. The van der Waals surface area contributed by atoms with Crippen LogP contribution in [0.15, 0.2) is 0 Å². The van der Waals surface area contributed by atoms with Crippen molar-refractivity contribution < 1.29 is 4.74 Å². The number of piperidine rings is 1. The van der Waals surface area contributed by atoms with Crippen molar-refractivity contribution in [2.45, 2.75) is 43.6 Å². The number of nitrogens with zero attached hydrogens (tertiary/aromatic N) is 1. The highest BCUT2D eigenvalue weighted by Crippen LogP contribution is 2.17. The quantitative estimate of drug-likeness (QED) is 0.311. The van der Waals surface area contributed by atoms with Crippen LogP contribution in [0.25, 0.3) is 0 Å². The van der Waals surface area contributed by atoms with E-state index in [2.05, 4.69) is 58.9 Å². The van der Waals surface area contributed by atoms with Gasteiger partial charge in [0.2, 0.25) is 0 Å². The molecular formula is C16H34IN3O. The molecule has 0 atom stereocenters. The van der Waals surface area contributed by atoms with Crippen LogP contribution in [0.4, 0.5) is 0 Å². The van der Waals surface area contributed by atoms with E-state index >= 15 is 0 Å². The van der Waals surface area contributed by atoms with E-state index in [1.807, 2.05) is 0 Å². The number of nitrogens with one attached hydrogen (secondary N) is 2. The molecular weight excluding hydrogens is 377 g/mol. The molecule has 0 saturated carbocycles. The fourth-order valence-corrected chi connectivity index (χ4v) is 2.99. The first kappa shape index (κ1) is 19.6. The summed E-state index contributed by atoms with van der Waals surface area (Å²) in [7, 11) is 0. The number of rotatable bonds is 11. The summed E-state index contributed by atoms with van der Waals surface area (Å²) in [5, 5.41) is 6.95. The van der Waals surface area contributed by atoms with Crippen LogP contribution in [0.2, 0.25) is 0 Å². The van der Waals surface area contributed by atoms with Crippen LogP contribution in [0, 0.1) is 5.92 Å². The Labute approximate surface area is 144 Å². The maximum atomic E-state index is 5.71. The molecule has 21 heavy (non-hydrogen) atoms. The summed E-state index contributed by atoms with van der Waals surface area (Å²) in [6.07, 6.45) is 3.93. The topological polar surface area (TPSA) is 36.5 Å². The van der Waals surface area contributed by atoms with Gasteiger partial charge >= 0.3 is 0 Å². The first-order valence-electron chi connectivity index (χ1n) is 8.48. The minimum Gasteiger partial charge on any atom is -0.364 e. The summed E-state index contributed by atoms with van der Waals surface area (Å²) in [6, 6.07) is 0. The first-order valence-corrected chi connectivity index (χ1v) is 9.56. The van der Waals surface area contributed by atoms with E-state index in [9.17, 15) is 0 Å². The molecule has 4 nitrogen and oxygen atoms in total. The van der Waals surface area contributed by atoms with Gasteiger partial charge in [-0.2, -0.15) is 0 Å². The zero-order valence-electron chi connectivity index (χ0n) is 14.1. The second kappa shape index (κ2) is 11.2. The molecule has 1 fully saturated rings. The average molecular weight is 411 g/mol. The van der Waals surface area contributed by atoms with Gasteiger partial charge in [-0.3, -0.25) is 0 Å². The molecule has 0 unspecified atom stereocenters. The molecule has 0 amide bonds. The van der Waals surface area contributed by atoms with Gasteiger partial charge in [0.15, 0.2) is 0 Å². The van der Waals surface area contributed by atoms with E-state index in [0.717, 1.165) is 32.2 Å². The molecule has 1 saturated heterocycles. The van der Waals surface area contributed by atoms with Crippen molar-refractivity contribution in [3.05, 3.63) is 0 Å². The lowest BCUT2D eigenvalue weighted by molar-refractivity contribution is 0.0674. The summed E-state index contributed by atoms with van der Waals surface area (Å²) < 4.78 is 5.66. The molecule has 0 bridgehead atoms. The van der Waals surface area contributed by atoms with E-state index in [1.165, 1.54) is 45.4 Å². The molecule has 0 aromatic carbocycles. The van der Waals surface area contributed by atoms with Gasteiger partial charge in [0.05, 0.1) is 6.61 Å². The number of hydrogen-bond acceptors (Lipinski definition) is 4. The number of hydrogen-bond donors (Lipinski definition) is 2. The molecule has 1 aliphatic rings. The lowest BCUT2D eigenvalue weighted by Gasteiger charge is -2.30. The van der Waals surface area contributed by atoms with Gasteiger partial charge in [-0.05, 0) is 81.3 Å². The van der Waals surface area contributed by atoms with Crippen molar-refractivity contribution in [1.29, 1.82) is 0 Å². The zero-order chi connectivity index (χ0) is 15.6. The zero-order valence-corrected chi connectivity index (χ0v) is 16.2. The monoisotopic (exact) mass is 411 g/mol. The van der Waals surface area contributed by atoms with Crippen LogP contribution in [0.1, 0.15) is 40.0 Å². The Hall–Kier alpha value is 0.570. The molecule has 1 rings (SSSR count). The van der Waals surface area contributed by atoms with Crippen molar-refractivity contribution in [1.82, 2.24) is 15.5 Å². The Kier molecular flexibility index (Phi) is 10.4. The van der Waals surface area contributed by atoms with Crippen LogP contribution >= 0.6 is 22.6 Å². The summed E-state index contributed by atoms with van der Waals surface area (Å²) >= 11 is 2.33. The molecule has 1 aliphatic heterocycles. The largest absolute Gasteiger partial charge is 0.364 e. The smallest absolute Gasteiger partial charge is 0.113 e. The summed E-state index contributed by atoms with van der Waals surface area (Å²) in [5.74, 6) is 0.890. The SMILES string of the molecule is CCCN(CCNCCOC(C)(C)I)CC1CCNCC1. The standard InChI is InChI=1S/C16H34IN3O/c1-4-11-20(14-15-5-7-18-8-6-15)12-9-19-10-13-21-16(2,3)17/h15,18-19H,4-14H2,1-3H3. The molecule has 0 spiro atoms. The summed E-state index contributed by atoms with van der Waals surface area (Å²) in [5.41, 5.74) is 0. The predicted molar refractivity (Wildman–Crippen MR) is 99.2 cm³/mol. The van der Waals surface area contributed by atoms with Crippen LogP contribution in [-0.2, 0) is 4.74 Å². The lowest BCUT2D eigenvalue weighted by atomic mass is 9.97. The highest BCUT2D eigenvalue weighted by molar-refractivity contribution is 14.1. The van der Waals surface area contributed by atoms with Crippen molar-refractivity contribution >= 4 is 22.6 Å². The molecule has 1 heterocycles. The van der Waals surface area contributed by atoms with Gasteiger partial charge in [-0.1, -0.05) is 6.92 Å². The molecule has 2 N–H and O–H groups in total. The summed E-state index contributed by atoms with van der Waals surface area (Å²) in [4.78, 5) is 2.63. The molecule has 5 heteroatoms. The van der Waals surface area contributed by atoms with E-state index in [0.29, 0.717) is 0 Å². The Morgan fingerprint density at radius 2 is 1.95 bits per heavy atom. The Morgan fingerprint density at radius 3 is 2.57 bits per heavy atom. The third kappa shape index (κ3) is 10.8. The highest BCUT2D eigenvalue weighted by Gasteiger charge is 2.16. The molecule has 0 aliphatic carbocycles. The normalized spacial score (nSPS) is 17.6. The minimum absolute atomic E-state index is 0.0529. The number of ether oxygens (including phenoxy) is 1.